The van der Waals surface area contributed by atoms with Crippen molar-refractivity contribution in [3.63, 3.8) is 0 Å². The molecular weight excluding hydrogens is 266 g/mol. The topological polar surface area (TPSA) is 66.0 Å². The van der Waals surface area contributed by atoms with Gasteiger partial charge in [0, 0.05) is 0 Å². The van der Waals surface area contributed by atoms with E-state index in [1.54, 1.807) is 12.1 Å². The van der Waals surface area contributed by atoms with Gasteiger partial charge in [0.2, 0.25) is 0 Å². The number of fused-ring (bicyclic) bond motifs is 1. The van der Waals surface area contributed by atoms with E-state index in [1.807, 2.05) is 0 Å². The van der Waals surface area contributed by atoms with Crippen LogP contribution >= 0.6 is 0 Å². The van der Waals surface area contributed by atoms with Crippen molar-refractivity contribution in [2.75, 3.05) is 0 Å². The van der Waals surface area contributed by atoms with Crippen LogP contribution in [0.3, 0.4) is 0 Å². The van der Waals surface area contributed by atoms with E-state index in [9.17, 15) is 13.6 Å². The number of imidazole rings is 1. The van der Waals surface area contributed by atoms with E-state index in [4.69, 9.17) is 5.11 Å². The molecule has 0 aliphatic carbocycles. The third kappa shape index (κ3) is 1.91. The number of carboxylic acid groups (broad SMARTS) is 1. The Bertz CT molecular complexity index is 827. The summed E-state index contributed by atoms with van der Waals surface area (Å²) in [6, 6.07) is 7.58. The van der Waals surface area contributed by atoms with Crippen molar-refractivity contribution < 1.29 is 18.7 Å². The van der Waals surface area contributed by atoms with Crippen molar-refractivity contribution in [3.05, 3.63) is 53.6 Å². The first-order chi connectivity index (χ1) is 9.56. The molecule has 3 rings (SSSR count). The van der Waals surface area contributed by atoms with Crippen molar-refractivity contribution in [2.45, 2.75) is 0 Å². The summed E-state index contributed by atoms with van der Waals surface area (Å²) >= 11 is 0. The largest absolute Gasteiger partial charge is 0.478 e. The zero-order valence-electron chi connectivity index (χ0n) is 10.0. The van der Waals surface area contributed by atoms with Crippen molar-refractivity contribution in [1.82, 2.24) is 9.97 Å². The van der Waals surface area contributed by atoms with Crippen LogP contribution in [0.25, 0.3) is 22.4 Å². The molecule has 6 heteroatoms. The van der Waals surface area contributed by atoms with Crippen molar-refractivity contribution in [1.29, 1.82) is 0 Å². The van der Waals surface area contributed by atoms with Gasteiger partial charge in [0.05, 0.1) is 16.6 Å². The number of rotatable bonds is 2. The van der Waals surface area contributed by atoms with E-state index in [0.29, 0.717) is 5.52 Å². The van der Waals surface area contributed by atoms with E-state index >= 15 is 0 Å². The predicted octanol–water partition coefficient (Wildman–Crippen LogP) is 3.21. The molecule has 0 aliphatic rings. The summed E-state index contributed by atoms with van der Waals surface area (Å²) in [5.74, 6) is -2.28. The molecule has 3 aromatic rings. The van der Waals surface area contributed by atoms with Crippen molar-refractivity contribution >= 4 is 17.0 Å². The van der Waals surface area contributed by atoms with Gasteiger partial charge in [-0.05, 0) is 30.3 Å². The number of nitrogens with one attached hydrogen (secondary N) is 1. The van der Waals surface area contributed by atoms with Crippen LogP contribution in [-0.4, -0.2) is 21.0 Å². The summed E-state index contributed by atoms with van der Waals surface area (Å²) in [5, 5.41) is 9.07. The highest BCUT2D eigenvalue weighted by Gasteiger charge is 2.15. The van der Waals surface area contributed by atoms with Crippen LogP contribution in [0.2, 0.25) is 0 Å². The number of benzene rings is 2. The van der Waals surface area contributed by atoms with Gasteiger partial charge in [-0.2, -0.15) is 0 Å². The van der Waals surface area contributed by atoms with Gasteiger partial charge in [-0.3, -0.25) is 0 Å². The van der Waals surface area contributed by atoms with Crippen LogP contribution in [0.15, 0.2) is 36.4 Å². The number of para-hydroxylation sites is 1. The summed E-state index contributed by atoms with van der Waals surface area (Å²) in [4.78, 5) is 18.0. The molecule has 20 heavy (non-hydrogen) atoms. The minimum Gasteiger partial charge on any atom is -0.478 e. The number of halogens is 2. The molecule has 0 saturated carbocycles. The zero-order chi connectivity index (χ0) is 14.3. The summed E-state index contributed by atoms with van der Waals surface area (Å²) < 4.78 is 26.9. The van der Waals surface area contributed by atoms with Gasteiger partial charge in [0.1, 0.15) is 23.0 Å². The average molecular weight is 274 g/mol. The molecule has 0 fully saturated rings. The third-order valence-electron chi connectivity index (χ3n) is 2.93. The van der Waals surface area contributed by atoms with E-state index in [-0.39, 0.29) is 22.5 Å². The SMILES string of the molecule is O=C(O)c1cccc2[nH]c(-c3cc(F)ccc3F)nc12. The number of nitrogens with zero attached hydrogens (tertiary/aromatic N) is 1. The van der Waals surface area contributed by atoms with Gasteiger partial charge in [-0.1, -0.05) is 6.07 Å². The molecule has 0 amide bonds. The van der Waals surface area contributed by atoms with E-state index in [1.165, 1.54) is 6.07 Å². The number of aromatic amines is 1. The number of hydrogen-bond donors (Lipinski definition) is 2. The molecule has 2 aromatic carbocycles. The van der Waals surface area contributed by atoms with Gasteiger partial charge in [0.15, 0.2) is 0 Å². The molecule has 100 valence electrons. The van der Waals surface area contributed by atoms with E-state index in [2.05, 4.69) is 9.97 Å². The zero-order valence-corrected chi connectivity index (χ0v) is 10.0. The lowest BCUT2D eigenvalue weighted by atomic mass is 10.2. The lowest BCUT2D eigenvalue weighted by molar-refractivity contribution is 0.0699. The van der Waals surface area contributed by atoms with Gasteiger partial charge < -0.3 is 10.1 Å². The first-order valence-electron chi connectivity index (χ1n) is 5.73. The number of aromatic carboxylic acids is 1. The van der Waals surface area contributed by atoms with E-state index in [0.717, 1.165) is 18.2 Å². The molecule has 4 nitrogen and oxygen atoms in total. The Labute approximate surface area is 111 Å². The fourth-order valence-electron chi connectivity index (χ4n) is 2.01. The number of carbonyl (C=O) groups is 1. The highest BCUT2D eigenvalue weighted by Crippen LogP contribution is 2.25. The summed E-state index contributed by atoms with van der Waals surface area (Å²) in [7, 11) is 0. The molecule has 0 atom stereocenters. The Hall–Kier alpha value is -2.76. The third-order valence-corrected chi connectivity index (χ3v) is 2.93. The molecule has 0 bridgehead atoms. The minimum absolute atomic E-state index is 0.00168. The smallest absolute Gasteiger partial charge is 0.337 e. The van der Waals surface area contributed by atoms with Crippen LogP contribution in [0, 0.1) is 11.6 Å². The molecule has 0 aliphatic heterocycles. The maximum Gasteiger partial charge on any atom is 0.337 e. The summed E-state index contributed by atoms with van der Waals surface area (Å²) in [6.45, 7) is 0. The van der Waals surface area contributed by atoms with Gasteiger partial charge in [-0.25, -0.2) is 18.6 Å². The quantitative estimate of drug-likeness (QED) is 0.754. The van der Waals surface area contributed by atoms with Crippen LogP contribution < -0.4 is 0 Å². The Morgan fingerprint density at radius 3 is 2.75 bits per heavy atom. The van der Waals surface area contributed by atoms with Crippen molar-refractivity contribution in [2.24, 2.45) is 0 Å². The van der Waals surface area contributed by atoms with Gasteiger partial charge >= 0.3 is 5.97 Å². The molecule has 0 saturated heterocycles. The Kier molecular flexibility index (Phi) is 2.71. The van der Waals surface area contributed by atoms with E-state index < -0.39 is 17.6 Å². The molecular formula is C14H8F2N2O2. The average Bonchev–Trinajstić information content (AvgIpc) is 2.84. The highest BCUT2D eigenvalue weighted by molar-refractivity contribution is 6.01. The standard InChI is InChI=1S/C14H8F2N2O2/c15-7-4-5-10(16)9(6-7)13-17-11-3-1-2-8(14(19)20)12(11)18-13/h1-6H,(H,17,18)(H,19,20). The number of H-pyrrole nitrogens is 1. The Balaban J connectivity index is 2.26. The maximum absolute atomic E-state index is 13.7. The fourth-order valence-corrected chi connectivity index (χ4v) is 2.01. The number of aromatic nitrogens is 2. The second-order valence-electron chi connectivity index (χ2n) is 4.22. The maximum atomic E-state index is 13.7. The molecule has 2 N–H and O–H groups in total. The summed E-state index contributed by atoms with van der Waals surface area (Å²) in [5.41, 5.74) is 0.613. The second-order valence-corrected chi connectivity index (χ2v) is 4.22. The number of carboxylic acids is 1. The van der Waals surface area contributed by atoms with Gasteiger partial charge in [0.25, 0.3) is 0 Å². The first-order valence-corrected chi connectivity index (χ1v) is 5.73. The lowest BCUT2D eigenvalue weighted by Crippen LogP contribution is -1.96. The minimum atomic E-state index is -1.13. The Morgan fingerprint density at radius 2 is 2.00 bits per heavy atom. The lowest BCUT2D eigenvalue weighted by Gasteiger charge is -1.98. The second kappa shape index (κ2) is 4.41. The summed E-state index contributed by atoms with van der Waals surface area (Å²) in [6.07, 6.45) is 0. The molecule has 0 unspecified atom stereocenters. The molecule has 0 radical (unpaired) electrons. The number of hydrogen-bond acceptors (Lipinski definition) is 2. The van der Waals surface area contributed by atoms with Crippen LogP contribution in [0.4, 0.5) is 8.78 Å². The van der Waals surface area contributed by atoms with Crippen LogP contribution in [0.5, 0.6) is 0 Å². The van der Waals surface area contributed by atoms with Crippen LogP contribution in [0.1, 0.15) is 10.4 Å². The molecule has 1 aromatic heterocycles. The highest BCUT2D eigenvalue weighted by atomic mass is 19.1. The normalized spacial score (nSPS) is 10.9. The predicted molar refractivity (Wildman–Crippen MR) is 68.4 cm³/mol. The molecule has 0 spiro atoms. The van der Waals surface area contributed by atoms with Crippen LogP contribution in [-0.2, 0) is 0 Å². The first kappa shape index (κ1) is 12.3. The van der Waals surface area contributed by atoms with Crippen molar-refractivity contribution in [3.8, 4) is 11.4 Å². The monoisotopic (exact) mass is 274 g/mol. The molecule has 1 heterocycles. The Morgan fingerprint density at radius 1 is 1.20 bits per heavy atom. The fraction of sp³-hybridized carbons (Fsp3) is 0. The van der Waals surface area contributed by atoms with Gasteiger partial charge in [-0.15, -0.1) is 0 Å².